The normalized spacial score (nSPS) is 22.8. The monoisotopic (exact) mass is 345 g/mol. The Balaban J connectivity index is 1.66. The van der Waals surface area contributed by atoms with E-state index in [0.717, 1.165) is 43.7 Å². The molecule has 2 aromatic heterocycles. The highest BCUT2D eigenvalue weighted by atomic mass is 32.1. The van der Waals surface area contributed by atoms with Crippen LogP contribution in [0.2, 0.25) is 0 Å². The molecule has 2 aromatic rings. The van der Waals surface area contributed by atoms with Gasteiger partial charge in [-0.15, -0.1) is 0 Å². The van der Waals surface area contributed by atoms with Crippen molar-refractivity contribution in [2.45, 2.75) is 38.8 Å². The number of likely N-dealkylation sites (tertiary alicyclic amines) is 1. The largest absolute Gasteiger partial charge is 0.381 e. The molecular formula is C18H23N3O2S. The van der Waals surface area contributed by atoms with Crippen LogP contribution in [-0.2, 0) is 4.74 Å². The molecule has 2 fully saturated rings. The van der Waals surface area contributed by atoms with Gasteiger partial charge in [0.1, 0.15) is 0 Å². The molecule has 1 atom stereocenters. The van der Waals surface area contributed by atoms with Crippen molar-refractivity contribution in [1.29, 1.82) is 0 Å². The zero-order chi connectivity index (χ0) is 16.7. The Hall–Kier alpha value is -1.66. The standard InChI is InChI=1S/C18H23N3O2S/c1-13(2)21-10-15(9-19-21)16-18(4-6-23-7-5-18)12-20(16)17(22)14-3-8-24-11-14/h3,8-11,13,16H,4-7,12H2,1-2H3. The summed E-state index contributed by atoms with van der Waals surface area (Å²) in [7, 11) is 0. The number of hydrogen-bond donors (Lipinski definition) is 0. The number of thiophene rings is 1. The summed E-state index contributed by atoms with van der Waals surface area (Å²) in [6, 6.07) is 2.35. The van der Waals surface area contributed by atoms with Gasteiger partial charge in [-0.1, -0.05) is 0 Å². The van der Waals surface area contributed by atoms with E-state index >= 15 is 0 Å². The maximum atomic E-state index is 12.9. The summed E-state index contributed by atoms with van der Waals surface area (Å²) in [6.45, 7) is 6.64. The first kappa shape index (κ1) is 15.8. The summed E-state index contributed by atoms with van der Waals surface area (Å²) in [5.41, 5.74) is 2.10. The smallest absolute Gasteiger partial charge is 0.255 e. The second kappa shape index (κ2) is 6.01. The van der Waals surface area contributed by atoms with Gasteiger partial charge in [0.2, 0.25) is 0 Å². The lowest BCUT2D eigenvalue weighted by Gasteiger charge is -2.59. The fraction of sp³-hybridized carbons (Fsp3) is 0.556. The molecule has 0 radical (unpaired) electrons. The highest BCUT2D eigenvalue weighted by molar-refractivity contribution is 7.08. The molecule has 6 heteroatoms. The molecule has 0 saturated carbocycles. The highest BCUT2D eigenvalue weighted by Gasteiger charge is 2.55. The molecule has 128 valence electrons. The molecule has 5 nitrogen and oxygen atoms in total. The number of aromatic nitrogens is 2. The van der Waals surface area contributed by atoms with Crippen LogP contribution in [0, 0.1) is 5.41 Å². The Morgan fingerprint density at radius 2 is 2.21 bits per heavy atom. The molecule has 1 spiro atoms. The minimum absolute atomic E-state index is 0.112. The Morgan fingerprint density at radius 3 is 2.83 bits per heavy atom. The van der Waals surface area contributed by atoms with Crippen LogP contribution in [0.1, 0.15) is 54.7 Å². The quantitative estimate of drug-likeness (QED) is 0.855. The fourth-order valence-corrected chi connectivity index (χ4v) is 4.63. The van der Waals surface area contributed by atoms with Gasteiger partial charge >= 0.3 is 0 Å². The molecule has 0 aliphatic carbocycles. The summed E-state index contributed by atoms with van der Waals surface area (Å²) >= 11 is 1.57. The number of rotatable bonds is 3. The first-order valence-electron chi connectivity index (χ1n) is 8.56. The molecule has 0 N–H and O–H groups in total. The number of hydrogen-bond acceptors (Lipinski definition) is 4. The van der Waals surface area contributed by atoms with Crippen LogP contribution in [0.4, 0.5) is 0 Å². The number of amides is 1. The Labute approximate surface area is 146 Å². The second-order valence-electron chi connectivity index (χ2n) is 7.17. The lowest BCUT2D eigenvalue weighted by Crippen LogP contribution is -2.62. The molecule has 2 saturated heterocycles. The lowest BCUT2D eigenvalue weighted by molar-refractivity contribution is -0.115. The molecule has 1 unspecified atom stereocenters. The number of ether oxygens (including phenoxy) is 1. The van der Waals surface area contributed by atoms with Crippen molar-refractivity contribution in [3.05, 3.63) is 40.3 Å². The minimum Gasteiger partial charge on any atom is -0.381 e. The van der Waals surface area contributed by atoms with E-state index in [-0.39, 0.29) is 17.4 Å². The van der Waals surface area contributed by atoms with Crippen LogP contribution in [0.3, 0.4) is 0 Å². The van der Waals surface area contributed by atoms with Crippen LogP contribution < -0.4 is 0 Å². The molecule has 0 bridgehead atoms. The third-order valence-corrected chi connectivity index (χ3v) is 6.04. The van der Waals surface area contributed by atoms with E-state index in [1.807, 2.05) is 32.6 Å². The molecule has 24 heavy (non-hydrogen) atoms. The Bertz CT molecular complexity index is 716. The molecule has 0 aromatic carbocycles. The molecule has 4 heterocycles. The number of carbonyl (C=O) groups is 1. The SMILES string of the molecule is CC(C)n1cc(C2N(C(=O)c3ccsc3)CC23CCOCC3)cn1. The van der Waals surface area contributed by atoms with Crippen molar-refractivity contribution >= 4 is 17.2 Å². The van der Waals surface area contributed by atoms with Gasteiger partial charge < -0.3 is 9.64 Å². The average molecular weight is 345 g/mol. The topological polar surface area (TPSA) is 47.4 Å². The molecule has 2 aliphatic heterocycles. The van der Waals surface area contributed by atoms with Crippen LogP contribution >= 0.6 is 11.3 Å². The van der Waals surface area contributed by atoms with Gasteiger partial charge in [0.05, 0.1) is 17.8 Å². The highest BCUT2D eigenvalue weighted by Crippen LogP contribution is 2.55. The van der Waals surface area contributed by atoms with Crippen LogP contribution in [-0.4, -0.2) is 40.3 Å². The van der Waals surface area contributed by atoms with E-state index < -0.39 is 0 Å². The minimum atomic E-state index is 0.112. The van der Waals surface area contributed by atoms with E-state index in [0.29, 0.717) is 6.04 Å². The summed E-state index contributed by atoms with van der Waals surface area (Å²) in [4.78, 5) is 14.9. The fourth-order valence-electron chi connectivity index (χ4n) is 4.00. The van der Waals surface area contributed by atoms with Crippen LogP contribution in [0.5, 0.6) is 0 Å². The molecule has 2 aliphatic rings. The number of carbonyl (C=O) groups excluding carboxylic acids is 1. The average Bonchev–Trinajstić information content (AvgIpc) is 3.25. The van der Waals surface area contributed by atoms with Gasteiger partial charge in [-0.25, -0.2) is 0 Å². The Morgan fingerprint density at radius 1 is 1.42 bits per heavy atom. The van der Waals surface area contributed by atoms with E-state index in [1.165, 1.54) is 0 Å². The predicted molar refractivity (Wildman–Crippen MR) is 93.2 cm³/mol. The number of nitrogens with zero attached hydrogens (tertiary/aromatic N) is 3. The summed E-state index contributed by atoms with van der Waals surface area (Å²) in [5, 5.41) is 8.40. The molecule has 4 rings (SSSR count). The van der Waals surface area contributed by atoms with Crippen LogP contribution in [0.25, 0.3) is 0 Å². The predicted octanol–water partition coefficient (Wildman–Crippen LogP) is 3.52. The third kappa shape index (κ3) is 2.48. The zero-order valence-electron chi connectivity index (χ0n) is 14.1. The van der Waals surface area contributed by atoms with Gasteiger partial charge in [0.25, 0.3) is 5.91 Å². The van der Waals surface area contributed by atoms with Crippen molar-refractivity contribution in [1.82, 2.24) is 14.7 Å². The van der Waals surface area contributed by atoms with Crippen LogP contribution in [0.15, 0.2) is 29.2 Å². The van der Waals surface area contributed by atoms with E-state index in [2.05, 4.69) is 25.1 Å². The zero-order valence-corrected chi connectivity index (χ0v) is 15.0. The van der Waals surface area contributed by atoms with Gasteiger partial charge in [0, 0.05) is 48.4 Å². The van der Waals surface area contributed by atoms with Crippen molar-refractivity contribution in [2.24, 2.45) is 5.41 Å². The molecular weight excluding hydrogens is 322 g/mol. The van der Waals surface area contributed by atoms with Gasteiger partial charge in [0.15, 0.2) is 0 Å². The van der Waals surface area contributed by atoms with Crippen molar-refractivity contribution in [3.8, 4) is 0 Å². The van der Waals surface area contributed by atoms with Crippen molar-refractivity contribution in [3.63, 3.8) is 0 Å². The van der Waals surface area contributed by atoms with Crippen molar-refractivity contribution < 1.29 is 9.53 Å². The van der Waals surface area contributed by atoms with Gasteiger partial charge in [-0.2, -0.15) is 16.4 Å². The maximum absolute atomic E-state index is 12.9. The Kier molecular flexibility index (Phi) is 3.96. The van der Waals surface area contributed by atoms with E-state index in [4.69, 9.17) is 4.74 Å². The first-order chi connectivity index (χ1) is 11.6. The van der Waals surface area contributed by atoms with Gasteiger partial charge in [-0.05, 0) is 38.1 Å². The summed E-state index contributed by atoms with van der Waals surface area (Å²) in [6.07, 6.45) is 6.07. The summed E-state index contributed by atoms with van der Waals surface area (Å²) in [5.74, 6) is 0.135. The first-order valence-corrected chi connectivity index (χ1v) is 9.50. The third-order valence-electron chi connectivity index (χ3n) is 5.36. The van der Waals surface area contributed by atoms with Gasteiger partial charge in [-0.3, -0.25) is 9.48 Å². The lowest BCUT2D eigenvalue weighted by atomic mass is 9.64. The van der Waals surface area contributed by atoms with E-state index in [9.17, 15) is 4.79 Å². The summed E-state index contributed by atoms with van der Waals surface area (Å²) < 4.78 is 7.55. The van der Waals surface area contributed by atoms with E-state index in [1.54, 1.807) is 11.3 Å². The maximum Gasteiger partial charge on any atom is 0.255 e. The van der Waals surface area contributed by atoms with Crippen molar-refractivity contribution in [2.75, 3.05) is 19.8 Å². The second-order valence-corrected chi connectivity index (χ2v) is 7.95. The molecule has 1 amide bonds.